The lowest BCUT2D eigenvalue weighted by atomic mass is 9.91. The molecule has 2 N–H and O–H groups in total. The van der Waals surface area contributed by atoms with Crippen LogP contribution in [0.5, 0.6) is 0 Å². The monoisotopic (exact) mass is 463 g/mol. The summed E-state index contributed by atoms with van der Waals surface area (Å²) in [5.74, 6) is 0.838. The van der Waals surface area contributed by atoms with Crippen LogP contribution in [0.4, 0.5) is 11.6 Å². The average Bonchev–Trinajstić information content (AvgIpc) is 3.22. The number of hydrogen-bond donors (Lipinski definition) is 2. The number of aromatic amines is 1. The third-order valence-electron chi connectivity index (χ3n) is 5.30. The van der Waals surface area contributed by atoms with Crippen molar-refractivity contribution in [2.24, 2.45) is 0 Å². The molecule has 150 valence electrons. The lowest BCUT2D eigenvalue weighted by Gasteiger charge is -2.28. The first-order valence-corrected chi connectivity index (χ1v) is 10.4. The summed E-state index contributed by atoms with van der Waals surface area (Å²) < 4.78 is 2.65. The van der Waals surface area contributed by atoms with Crippen LogP contribution >= 0.6 is 15.9 Å². The van der Waals surface area contributed by atoms with Crippen LogP contribution in [0, 0.1) is 0 Å². The number of rotatable bonds is 3. The maximum atomic E-state index is 12.7. The molecule has 2 aromatic carbocycles. The highest BCUT2D eigenvalue weighted by atomic mass is 79.9. The van der Waals surface area contributed by atoms with Gasteiger partial charge < -0.3 is 5.32 Å². The Balaban J connectivity index is 1.76. The van der Waals surface area contributed by atoms with Crippen LogP contribution < -0.4 is 10.9 Å². The van der Waals surface area contributed by atoms with E-state index in [0.29, 0.717) is 23.2 Å². The quantitative estimate of drug-likeness (QED) is 0.419. The molecule has 0 unspecified atom stereocenters. The molecule has 0 fully saturated rings. The molecule has 0 saturated carbocycles. The highest BCUT2D eigenvalue weighted by Crippen LogP contribution is 2.41. The van der Waals surface area contributed by atoms with Crippen LogP contribution in [0.25, 0.3) is 11.3 Å². The van der Waals surface area contributed by atoms with Gasteiger partial charge in [0.25, 0.3) is 5.56 Å². The van der Waals surface area contributed by atoms with Gasteiger partial charge in [0.2, 0.25) is 5.95 Å². The molecule has 0 amide bonds. The van der Waals surface area contributed by atoms with Crippen molar-refractivity contribution in [3.05, 3.63) is 80.0 Å². The Morgan fingerprint density at radius 2 is 1.80 bits per heavy atom. The third kappa shape index (κ3) is 3.02. The van der Waals surface area contributed by atoms with Gasteiger partial charge in [0.15, 0.2) is 0 Å². The van der Waals surface area contributed by atoms with Crippen molar-refractivity contribution in [3.8, 4) is 11.3 Å². The van der Waals surface area contributed by atoms with Gasteiger partial charge in [0, 0.05) is 15.6 Å². The van der Waals surface area contributed by atoms with E-state index in [4.69, 9.17) is 0 Å². The number of halogens is 1. The van der Waals surface area contributed by atoms with Gasteiger partial charge in [-0.2, -0.15) is 9.78 Å². The number of nitrogens with one attached hydrogen (secondary N) is 2. The molecule has 1 atom stereocenters. The fourth-order valence-corrected chi connectivity index (χ4v) is 4.00. The number of H-pyrrole nitrogens is 1. The summed E-state index contributed by atoms with van der Waals surface area (Å²) in [5.41, 5.74) is 4.59. The summed E-state index contributed by atoms with van der Waals surface area (Å²) in [6.45, 7) is 4.31. The van der Waals surface area contributed by atoms with Crippen LogP contribution in [-0.4, -0.2) is 30.4 Å². The highest BCUT2D eigenvalue weighted by molar-refractivity contribution is 9.10. The Morgan fingerprint density at radius 1 is 1.07 bits per heavy atom. The molecular weight excluding hydrogens is 446 g/mol. The summed E-state index contributed by atoms with van der Waals surface area (Å²) in [4.78, 5) is 12.7. The zero-order valence-electron chi connectivity index (χ0n) is 16.3. The van der Waals surface area contributed by atoms with Crippen molar-refractivity contribution in [1.82, 2.24) is 30.4 Å². The molecule has 3 heterocycles. The predicted octanol–water partition coefficient (Wildman–Crippen LogP) is 4.00. The van der Waals surface area contributed by atoms with Gasteiger partial charge in [-0.05, 0) is 39.6 Å². The zero-order chi connectivity index (χ0) is 20.8. The summed E-state index contributed by atoms with van der Waals surface area (Å²) in [6, 6.07) is 15.7. The molecule has 0 spiro atoms. The van der Waals surface area contributed by atoms with Gasteiger partial charge in [-0.15, -0.1) is 0 Å². The molecule has 2 aromatic heterocycles. The maximum absolute atomic E-state index is 12.7. The van der Waals surface area contributed by atoms with Crippen LogP contribution in [0.1, 0.15) is 42.5 Å². The molecule has 4 aromatic rings. The van der Waals surface area contributed by atoms with Crippen molar-refractivity contribution in [3.63, 3.8) is 0 Å². The number of anilines is 2. The first kappa shape index (κ1) is 18.7. The van der Waals surface area contributed by atoms with Crippen molar-refractivity contribution in [2.75, 3.05) is 5.32 Å². The van der Waals surface area contributed by atoms with Gasteiger partial charge >= 0.3 is 0 Å². The number of fused-ring (bicyclic) bond motifs is 2. The summed E-state index contributed by atoms with van der Waals surface area (Å²) in [7, 11) is 0. The first-order chi connectivity index (χ1) is 14.5. The number of nitrogens with zero attached hydrogens (tertiary/aromatic N) is 5. The molecule has 9 heteroatoms. The predicted molar refractivity (Wildman–Crippen MR) is 117 cm³/mol. The minimum Gasteiger partial charge on any atom is -0.318 e. The third-order valence-corrected chi connectivity index (χ3v) is 5.83. The number of hydrogen-bond acceptors (Lipinski definition) is 6. The zero-order valence-corrected chi connectivity index (χ0v) is 17.9. The molecular formula is C21H18BrN7O. The standard InChI is InChI=1S/C21H18BrN7O/c1-11(2)12-3-5-14(6-4-12)19-16-17(13-7-9-15(22)10-8-13)24-25-20(30)18(16)23-21-26-27-28-29(19)21/h3-11,19H,1-2H3,(H,25,30)(H,23,26,28)/t19-/m1/s1. The molecule has 1 aliphatic rings. The molecule has 1 aliphatic heterocycles. The van der Waals surface area contributed by atoms with Crippen LogP contribution in [-0.2, 0) is 0 Å². The molecule has 0 saturated heterocycles. The van der Waals surface area contributed by atoms with Gasteiger partial charge in [-0.3, -0.25) is 4.79 Å². The lowest BCUT2D eigenvalue weighted by Crippen LogP contribution is -2.29. The fourth-order valence-electron chi connectivity index (χ4n) is 3.74. The second kappa shape index (κ2) is 7.17. The summed E-state index contributed by atoms with van der Waals surface area (Å²) in [6.07, 6.45) is 0. The second-order valence-electron chi connectivity index (χ2n) is 7.49. The molecule has 0 aliphatic carbocycles. The van der Waals surface area contributed by atoms with Crippen LogP contribution in [0.15, 0.2) is 57.8 Å². The maximum Gasteiger partial charge on any atom is 0.288 e. The second-order valence-corrected chi connectivity index (χ2v) is 8.41. The Bertz CT molecular complexity index is 1280. The van der Waals surface area contributed by atoms with Gasteiger partial charge in [-0.1, -0.05) is 71.3 Å². The van der Waals surface area contributed by atoms with Crippen LogP contribution in [0.3, 0.4) is 0 Å². The topological polar surface area (TPSA) is 101 Å². The Hall–Kier alpha value is -3.33. The first-order valence-electron chi connectivity index (χ1n) is 9.56. The van der Waals surface area contributed by atoms with Crippen molar-refractivity contribution >= 4 is 27.6 Å². The van der Waals surface area contributed by atoms with E-state index in [1.807, 2.05) is 24.3 Å². The molecule has 8 nitrogen and oxygen atoms in total. The lowest BCUT2D eigenvalue weighted by molar-refractivity contribution is 0.567. The van der Waals surface area contributed by atoms with E-state index >= 15 is 0 Å². The van der Waals surface area contributed by atoms with Crippen molar-refractivity contribution < 1.29 is 0 Å². The van der Waals surface area contributed by atoms with E-state index < -0.39 is 0 Å². The fraction of sp³-hybridized carbons (Fsp3) is 0.190. The highest BCUT2D eigenvalue weighted by Gasteiger charge is 2.34. The van der Waals surface area contributed by atoms with Crippen molar-refractivity contribution in [2.45, 2.75) is 25.8 Å². The van der Waals surface area contributed by atoms with E-state index in [1.54, 1.807) is 4.68 Å². The van der Waals surface area contributed by atoms with Gasteiger partial charge in [-0.25, -0.2) is 5.10 Å². The SMILES string of the molecule is CC(C)c1ccc([C@@H]2c3c(-c4ccc(Br)cc4)n[nH]c(=O)c3Nc3nnnn32)cc1. The Kier molecular flexibility index (Phi) is 4.47. The molecule has 0 bridgehead atoms. The number of benzene rings is 2. The Labute approximate surface area is 180 Å². The molecule has 0 radical (unpaired) electrons. The number of tetrazole rings is 1. The number of aromatic nitrogens is 6. The minimum atomic E-state index is -0.388. The van der Waals surface area contributed by atoms with Gasteiger partial charge in [0.1, 0.15) is 11.7 Å². The molecule has 30 heavy (non-hydrogen) atoms. The van der Waals surface area contributed by atoms with Gasteiger partial charge in [0.05, 0.1) is 5.69 Å². The van der Waals surface area contributed by atoms with E-state index in [9.17, 15) is 4.79 Å². The molecule has 5 rings (SSSR count). The largest absolute Gasteiger partial charge is 0.318 e. The Morgan fingerprint density at radius 3 is 2.50 bits per heavy atom. The van der Waals surface area contributed by atoms with E-state index in [1.165, 1.54) is 5.56 Å². The summed E-state index contributed by atoms with van der Waals surface area (Å²) in [5, 5.41) is 22.1. The smallest absolute Gasteiger partial charge is 0.288 e. The van der Waals surface area contributed by atoms with E-state index in [2.05, 4.69) is 85.1 Å². The minimum absolute atomic E-state index is 0.316. The normalized spacial score (nSPS) is 14.9. The van der Waals surface area contributed by atoms with E-state index in [0.717, 1.165) is 21.2 Å². The average molecular weight is 464 g/mol. The van der Waals surface area contributed by atoms with Crippen LogP contribution in [0.2, 0.25) is 0 Å². The van der Waals surface area contributed by atoms with Crippen molar-refractivity contribution in [1.29, 1.82) is 0 Å². The van der Waals surface area contributed by atoms with E-state index in [-0.39, 0.29) is 11.6 Å². The summed E-state index contributed by atoms with van der Waals surface area (Å²) >= 11 is 3.47.